The number of benzene rings is 1. The van der Waals surface area contributed by atoms with Gasteiger partial charge in [-0.3, -0.25) is 0 Å². The molecule has 1 aromatic heterocycles. The van der Waals surface area contributed by atoms with E-state index in [1.807, 2.05) is 0 Å². The number of nitrogens with two attached hydrogens (primary N) is 1. The van der Waals surface area contributed by atoms with Crippen molar-refractivity contribution in [3.8, 4) is 10.6 Å². The molecule has 84 valence electrons. The highest BCUT2D eigenvalue weighted by Gasteiger charge is 2.12. The number of aromatic nitrogens is 1. The number of thiazole rings is 1. The Morgan fingerprint density at radius 1 is 1.19 bits per heavy atom. The lowest BCUT2D eigenvalue weighted by Gasteiger charge is -2.08. The Bertz CT molecular complexity index is 503. The van der Waals surface area contributed by atoms with E-state index in [9.17, 15) is 0 Å². The van der Waals surface area contributed by atoms with Crippen LogP contribution in [0.1, 0.15) is 16.7 Å². The van der Waals surface area contributed by atoms with Crippen molar-refractivity contribution in [1.29, 1.82) is 0 Å². The van der Waals surface area contributed by atoms with Crippen LogP contribution in [-0.4, -0.2) is 4.98 Å². The molecule has 2 N–H and O–H groups in total. The van der Waals surface area contributed by atoms with Gasteiger partial charge in [0.1, 0.15) is 14.6 Å². The summed E-state index contributed by atoms with van der Waals surface area (Å²) in [4.78, 5) is 4.38. The summed E-state index contributed by atoms with van der Waals surface area (Å²) >= 11 is 4.99. The molecule has 2 nitrogen and oxygen atoms in total. The van der Waals surface area contributed by atoms with Crippen LogP contribution in [0.2, 0.25) is 0 Å². The summed E-state index contributed by atoms with van der Waals surface area (Å²) in [5.74, 6) is 0.569. The summed E-state index contributed by atoms with van der Waals surface area (Å²) in [5, 5.41) is 0.986. The summed E-state index contributed by atoms with van der Waals surface area (Å²) in [6, 6.07) is 4.35. The maximum atomic E-state index is 5.76. The highest BCUT2D eigenvalue weighted by atomic mass is 79.9. The second-order valence-electron chi connectivity index (χ2n) is 3.95. The standard InChI is InChI=1S/C12H13BrN2S/c1-6-4-7(2)9(8(3)5-6)12-15-11(14)10(13)16-12/h4-5H,14H2,1-3H3. The Hall–Kier alpha value is -0.870. The average Bonchev–Trinajstić information content (AvgIpc) is 2.44. The number of nitrogens with zero attached hydrogens (tertiary/aromatic N) is 1. The zero-order chi connectivity index (χ0) is 11.9. The van der Waals surface area contributed by atoms with Gasteiger partial charge in [-0.15, -0.1) is 11.3 Å². The number of rotatable bonds is 1. The average molecular weight is 297 g/mol. The number of aryl methyl sites for hydroxylation is 3. The van der Waals surface area contributed by atoms with E-state index in [1.165, 1.54) is 22.3 Å². The Kier molecular flexibility index (Phi) is 3.04. The molecular formula is C12H13BrN2S. The first-order valence-electron chi connectivity index (χ1n) is 4.99. The summed E-state index contributed by atoms with van der Waals surface area (Å²) in [5.41, 5.74) is 10.7. The van der Waals surface area contributed by atoms with Gasteiger partial charge >= 0.3 is 0 Å². The van der Waals surface area contributed by atoms with Crippen molar-refractivity contribution >= 4 is 33.1 Å². The number of hydrogen-bond acceptors (Lipinski definition) is 3. The van der Waals surface area contributed by atoms with E-state index >= 15 is 0 Å². The Morgan fingerprint density at radius 3 is 2.19 bits per heavy atom. The first-order chi connectivity index (χ1) is 7.49. The normalized spacial score (nSPS) is 10.8. The first-order valence-corrected chi connectivity index (χ1v) is 6.60. The molecule has 16 heavy (non-hydrogen) atoms. The fourth-order valence-electron chi connectivity index (χ4n) is 1.94. The lowest BCUT2D eigenvalue weighted by molar-refractivity contribution is 1.30. The van der Waals surface area contributed by atoms with Crippen LogP contribution in [0.25, 0.3) is 10.6 Å². The van der Waals surface area contributed by atoms with Crippen LogP contribution in [-0.2, 0) is 0 Å². The van der Waals surface area contributed by atoms with Gasteiger partial charge in [0.2, 0.25) is 0 Å². The summed E-state index contributed by atoms with van der Waals surface area (Å²) in [6.45, 7) is 6.33. The third-order valence-corrected chi connectivity index (χ3v) is 4.27. The molecule has 0 radical (unpaired) electrons. The van der Waals surface area contributed by atoms with Crippen molar-refractivity contribution in [3.05, 3.63) is 32.6 Å². The van der Waals surface area contributed by atoms with Crippen molar-refractivity contribution in [3.63, 3.8) is 0 Å². The second kappa shape index (κ2) is 4.18. The molecule has 0 amide bonds. The molecule has 0 unspecified atom stereocenters. The van der Waals surface area contributed by atoms with Gasteiger partial charge in [0.15, 0.2) is 0 Å². The summed E-state index contributed by atoms with van der Waals surface area (Å²) in [6.07, 6.45) is 0. The highest BCUT2D eigenvalue weighted by molar-refractivity contribution is 9.11. The van der Waals surface area contributed by atoms with Crippen LogP contribution in [0.4, 0.5) is 5.82 Å². The molecule has 0 saturated heterocycles. The van der Waals surface area contributed by atoms with E-state index in [0.29, 0.717) is 5.82 Å². The molecule has 0 atom stereocenters. The minimum absolute atomic E-state index is 0.569. The molecular weight excluding hydrogens is 284 g/mol. The molecule has 2 aromatic rings. The predicted octanol–water partition coefficient (Wildman–Crippen LogP) is 4.08. The van der Waals surface area contributed by atoms with E-state index in [1.54, 1.807) is 11.3 Å². The zero-order valence-electron chi connectivity index (χ0n) is 9.47. The molecule has 4 heteroatoms. The van der Waals surface area contributed by atoms with Gasteiger partial charge in [-0.05, 0) is 47.8 Å². The fourth-order valence-corrected chi connectivity index (χ4v) is 3.37. The maximum Gasteiger partial charge on any atom is 0.149 e. The van der Waals surface area contributed by atoms with Crippen LogP contribution in [0, 0.1) is 20.8 Å². The maximum absolute atomic E-state index is 5.76. The second-order valence-corrected chi connectivity index (χ2v) is 6.27. The zero-order valence-corrected chi connectivity index (χ0v) is 11.9. The van der Waals surface area contributed by atoms with E-state index < -0.39 is 0 Å². The van der Waals surface area contributed by atoms with Crippen LogP contribution >= 0.6 is 27.3 Å². The highest BCUT2D eigenvalue weighted by Crippen LogP contribution is 2.36. The molecule has 1 aromatic carbocycles. The van der Waals surface area contributed by atoms with E-state index in [-0.39, 0.29) is 0 Å². The van der Waals surface area contributed by atoms with E-state index in [2.05, 4.69) is 53.8 Å². The van der Waals surface area contributed by atoms with Crippen molar-refractivity contribution in [2.75, 3.05) is 5.73 Å². The number of nitrogen functional groups attached to an aromatic ring is 1. The van der Waals surface area contributed by atoms with Crippen molar-refractivity contribution in [2.24, 2.45) is 0 Å². The quantitative estimate of drug-likeness (QED) is 0.861. The largest absolute Gasteiger partial charge is 0.382 e. The Labute approximate surface area is 108 Å². The van der Waals surface area contributed by atoms with Crippen LogP contribution in [0.5, 0.6) is 0 Å². The molecule has 0 aliphatic carbocycles. The number of anilines is 1. The summed E-state index contributed by atoms with van der Waals surface area (Å²) in [7, 11) is 0. The number of hydrogen-bond donors (Lipinski definition) is 1. The molecule has 0 aliphatic rings. The van der Waals surface area contributed by atoms with Gasteiger partial charge in [0, 0.05) is 5.56 Å². The molecule has 0 aliphatic heterocycles. The third-order valence-electron chi connectivity index (χ3n) is 2.50. The predicted molar refractivity (Wildman–Crippen MR) is 73.9 cm³/mol. The number of halogens is 1. The topological polar surface area (TPSA) is 38.9 Å². The SMILES string of the molecule is Cc1cc(C)c(-c2nc(N)c(Br)s2)c(C)c1. The van der Waals surface area contributed by atoms with Crippen molar-refractivity contribution < 1.29 is 0 Å². The smallest absolute Gasteiger partial charge is 0.149 e. The minimum Gasteiger partial charge on any atom is -0.382 e. The molecule has 0 bridgehead atoms. The molecule has 0 saturated carbocycles. The van der Waals surface area contributed by atoms with Crippen LogP contribution in [0.3, 0.4) is 0 Å². The van der Waals surface area contributed by atoms with Gasteiger partial charge in [-0.25, -0.2) is 4.98 Å². The lowest BCUT2D eigenvalue weighted by atomic mass is 10.0. The van der Waals surface area contributed by atoms with Crippen LogP contribution < -0.4 is 5.73 Å². The van der Waals surface area contributed by atoms with E-state index in [0.717, 1.165) is 8.79 Å². The van der Waals surface area contributed by atoms with Crippen molar-refractivity contribution in [2.45, 2.75) is 20.8 Å². The van der Waals surface area contributed by atoms with Crippen molar-refractivity contribution in [1.82, 2.24) is 4.98 Å². The fraction of sp³-hybridized carbons (Fsp3) is 0.250. The molecule has 2 rings (SSSR count). The molecule has 0 fully saturated rings. The monoisotopic (exact) mass is 296 g/mol. The lowest BCUT2D eigenvalue weighted by Crippen LogP contribution is -1.90. The van der Waals surface area contributed by atoms with Gasteiger partial charge < -0.3 is 5.73 Å². The van der Waals surface area contributed by atoms with Crippen LogP contribution in [0.15, 0.2) is 15.9 Å². The summed E-state index contributed by atoms with van der Waals surface area (Å²) < 4.78 is 0.905. The Balaban J connectivity index is 2.64. The third kappa shape index (κ3) is 1.99. The first kappa shape index (κ1) is 11.6. The van der Waals surface area contributed by atoms with E-state index in [4.69, 9.17) is 5.73 Å². The molecule has 0 spiro atoms. The van der Waals surface area contributed by atoms with Gasteiger partial charge in [-0.1, -0.05) is 17.7 Å². The minimum atomic E-state index is 0.569. The Morgan fingerprint density at radius 2 is 1.75 bits per heavy atom. The van der Waals surface area contributed by atoms with Gasteiger partial charge in [-0.2, -0.15) is 0 Å². The van der Waals surface area contributed by atoms with Gasteiger partial charge in [0.05, 0.1) is 0 Å². The van der Waals surface area contributed by atoms with Gasteiger partial charge in [0.25, 0.3) is 0 Å². The molecule has 1 heterocycles.